The lowest BCUT2D eigenvalue weighted by molar-refractivity contribution is -0.384. The number of carbonyl (C=O) groups excluding carboxylic acids is 4. The molecule has 5 rings (SSSR count). The summed E-state index contributed by atoms with van der Waals surface area (Å²) in [7, 11) is 0. The van der Waals surface area contributed by atoms with Gasteiger partial charge in [0.05, 0.1) is 11.5 Å². The summed E-state index contributed by atoms with van der Waals surface area (Å²) in [6.07, 6.45) is 7.75. The molecule has 2 bridgehead atoms. The Kier molecular flexibility index (Phi) is 7.45. The number of non-ortho nitro benzene ring substituents is 1. The molecule has 3 fully saturated rings. The number of nitrogens with one attached hydrogen (secondary N) is 1. The minimum atomic E-state index is -0.769. The molecular formula is C29H27N3O8. The largest absolute Gasteiger partial charge is 0.490 e. The van der Waals surface area contributed by atoms with E-state index < -0.39 is 28.7 Å². The van der Waals surface area contributed by atoms with Crippen molar-refractivity contribution in [1.29, 1.82) is 0 Å². The summed E-state index contributed by atoms with van der Waals surface area (Å²) in [4.78, 5) is 62.6. The maximum atomic E-state index is 13.3. The molecule has 1 aliphatic heterocycles. The zero-order valence-corrected chi connectivity index (χ0v) is 21.7. The van der Waals surface area contributed by atoms with Crippen LogP contribution in [-0.4, -0.2) is 46.3 Å². The number of ether oxygens (including phenoxy) is 2. The quantitative estimate of drug-likeness (QED) is 0.129. The van der Waals surface area contributed by atoms with Gasteiger partial charge in [0.15, 0.2) is 11.5 Å². The first kappa shape index (κ1) is 26.8. The van der Waals surface area contributed by atoms with Crippen LogP contribution in [0, 0.1) is 22.0 Å². The van der Waals surface area contributed by atoms with Gasteiger partial charge in [-0.1, -0.05) is 24.6 Å². The Morgan fingerprint density at radius 1 is 1.10 bits per heavy atom. The predicted octanol–water partition coefficient (Wildman–Crippen LogP) is 4.26. The molecule has 11 heteroatoms. The highest BCUT2D eigenvalue weighted by Crippen LogP contribution is 2.47. The number of hydrogen-bond acceptors (Lipinski definition) is 8. The smallest absolute Gasteiger partial charge is 0.336 e. The van der Waals surface area contributed by atoms with Gasteiger partial charge in [0.2, 0.25) is 0 Å². The molecule has 3 aliphatic rings. The highest BCUT2D eigenvalue weighted by Gasteiger charge is 2.49. The van der Waals surface area contributed by atoms with E-state index >= 15 is 0 Å². The number of urea groups is 1. The van der Waals surface area contributed by atoms with Crippen LogP contribution in [0.3, 0.4) is 0 Å². The minimum absolute atomic E-state index is 0.105. The number of rotatable bonds is 8. The van der Waals surface area contributed by atoms with Gasteiger partial charge in [-0.3, -0.25) is 29.9 Å². The zero-order chi connectivity index (χ0) is 28.4. The van der Waals surface area contributed by atoms with Crippen molar-refractivity contribution < 1.29 is 33.6 Å². The van der Waals surface area contributed by atoms with E-state index in [1.165, 1.54) is 47.4 Å². The second kappa shape index (κ2) is 11.1. The Morgan fingerprint density at radius 2 is 1.93 bits per heavy atom. The molecule has 2 saturated carbocycles. The van der Waals surface area contributed by atoms with Crippen LogP contribution < -0.4 is 14.8 Å². The van der Waals surface area contributed by atoms with Gasteiger partial charge in [-0.25, -0.2) is 9.59 Å². The maximum Gasteiger partial charge on any atom is 0.336 e. The van der Waals surface area contributed by atoms with Crippen molar-refractivity contribution in [3.05, 3.63) is 75.4 Å². The number of nitro benzene ring substituents is 1. The van der Waals surface area contributed by atoms with Gasteiger partial charge >= 0.3 is 12.0 Å². The van der Waals surface area contributed by atoms with Gasteiger partial charge in [0.1, 0.15) is 5.57 Å². The van der Waals surface area contributed by atoms with Crippen molar-refractivity contribution in [3.63, 3.8) is 0 Å². The Hall–Kier alpha value is -4.80. The lowest BCUT2D eigenvalue weighted by Gasteiger charge is -2.35. The molecule has 3 atom stereocenters. The number of nitrogens with zero attached hydrogens (tertiary/aromatic N) is 2. The number of hydrogen-bond donors (Lipinski definition) is 1. The van der Waals surface area contributed by atoms with E-state index in [0.717, 1.165) is 31.8 Å². The number of imide groups is 2. The van der Waals surface area contributed by atoms with Gasteiger partial charge in [-0.2, -0.15) is 0 Å². The molecule has 0 spiro atoms. The highest BCUT2D eigenvalue weighted by molar-refractivity contribution is 6.31. The summed E-state index contributed by atoms with van der Waals surface area (Å²) in [5, 5.41) is 13.2. The van der Waals surface area contributed by atoms with E-state index in [4.69, 9.17) is 9.47 Å². The molecule has 2 aromatic rings. The maximum absolute atomic E-state index is 13.3. The van der Waals surface area contributed by atoms with Crippen LogP contribution >= 0.6 is 0 Å². The third-order valence-electron chi connectivity index (χ3n) is 7.45. The Morgan fingerprint density at radius 3 is 2.62 bits per heavy atom. The Labute approximate surface area is 229 Å². The van der Waals surface area contributed by atoms with E-state index in [1.54, 1.807) is 19.1 Å². The molecule has 2 aromatic carbocycles. The van der Waals surface area contributed by atoms with E-state index in [9.17, 15) is 29.3 Å². The number of esters is 1. The van der Waals surface area contributed by atoms with Gasteiger partial charge in [-0.05, 0) is 73.4 Å². The Balaban J connectivity index is 1.34. The molecular weight excluding hydrogens is 518 g/mol. The predicted molar refractivity (Wildman–Crippen MR) is 143 cm³/mol. The zero-order valence-electron chi connectivity index (χ0n) is 21.7. The first-order valence-electron chi connectivity index (χ1n) is 13.0. The molecule has 40 heavy (non-hydrogen) atoms. The molecule has 0 unspecified atom stereocenters. The normalized spacial score (nSPS) is 23.1. The average molecular weight is 546 g/mol. The van der Waals surface area contributed by atoms with Gasteiger partial charge < -0.3 is 9.47 Å². The molecule has 4 amide bonds. The summed E-state index contributed by atoms with van der Waals surface area (Å²) in [5.74, 6) is -1.04. The number of barbiturate groups is 1. The first-order valence-corrected chi connectivity index (χ1v) is 13.0. The summed E-state index contributed by atoms with van der Waals surface area (Å²) >= 11 is 0. The van der Waals surface area contributed by atoms with Crippen LogP contribution in [0.1, 0.15) is 43.7 Å². The second-order valence-electron chi connectivity index (χ2n) is 9.98. The lowest BCUT2D eigenvalue weighted by Crippen LogP contribution is -2.58. The van der Waals surface area contributed by atoms with Crippen LogP contribution in [0.2, 0.25) is 0 Å². The van der Waals surface area contributed by atoms with Gasteiger partial charge in [0, 0.05) is 24.3 Å². The van der Waals surface area contributed by atoms with E-state index in [-0.39, 0.29) is 41.3 Å². The van der Waals surface area contributed by atoms with Crippen LogP contribution in [0.25, 0.3) is 12.2 Å². The first-order chi connectivity index (χ1) is 19.2. The van der Waals surface area contributed by atoms with E-state index in [0.29, 0.717) is 17.0 Å². The van der Waals surface area contributed by atoms with Crippen LogP contribution in [0.15, 0.2) is 54.1 Å². The fourth-order valence-electron chi connectivity index (χ4n) is 5.68. The number of fused-ring (bicyclic) bond motifs is 2. The molecule has 206 valence electrons. The summed E-state index contributed by atoms with van der Waals surface area (Å²) < 4.78 is 11.0. The van der Waals surface area contributed by atoms with Crippen LogP contribution in [0.4, 0.5) is 10.5 Å². The Bertz CT molecular complexity index is 1460. The van der Waals surface area contributed by atoms with Crippen molar-refractivity contribution in [1.82, 2.24) is 10.2 Å². The molecule has 11 nitrogen and oxygen atoms in total. The van der Waals surface area contributed by atoms with Crippen molar-refractivity contribution in [3.8, 4) is 11.5 Å². The van der Waals surface area contributed by atoms with Gasteiger partial charge in [-0.15, -0.1) is 0 Å². The van der Waals surface area contributed by atoms with Crippen molar-refractivity contribution >= 4 is 41.7 Å². The minimum Gasteiger partial charge on any atom is -0.490 e. The summed E-state index contributed by atoms with van der Waals surface area (Å²) in [6, 6.07) is 9.46. The van der Waals surface area contributed by atoms with Crippen LogP contribution in [-0.2, 0) is 14.4 Å². The fraction of sp³-hybridized carbons (Fsp3) is 0.310. The number of nitro groups is 1. The SMILES string of the molecule is CCOc1cc(/C=C2\C(=O)NC(=O)N([C@@H]3C[C@H]4CC[C@H]3C4)C2=O)ccc1OC(=O)/C=C/c1cccc([N+](=O)[O-])c1. The molecule has 1 N–H and O–H groups in total. The highest BCUT2D eigenvalue weighted by atomic mass is 16.6. The number of carbonyl (C=O) groups is 4. The number of benzene rings is 2. The average Bonchev–Trinajstić information content (AvgIpc) is 3.55. The molecule has 2 aliphatic carbocycles. The molecule has 0 radical (unpaired) electrons. The number of amides is 4. The van der Waals surface area contributed by atoms with E-state index in [2.05, 4.69) is 5.32 Å². The third-order valence-corrected chi connectivity index (χ3v) is 7.45. The monoisotopic (exact) mass is 545 g/mol. The standard InChI is InChI=1S/C29H27N3O8/c1-2-39-25-16-19(7-10-24(25)40-26(33)11-8-17-4-3-5-21(13-17)32(37)38)14-22-27(34)30-29(36)31(28(22)35)23-15-18-6-9-20(23)12-18/h3-5,7-8,10-11,13-14,16,18,20,23H,2,6,9,12,15H2,1H3,(H,30,34,36)/b11-8+,22-14+/t18-,20-,23+/m0/s1. The van der Waals surface area contributed by atoms with Crippen LogP contribution in [0.5, 0.6) is 11.5 Å². The molecule has 1 saturated heterocycles. The summed E-state index contributed by atoms with van der Waals surface area (Å²) in [6.45, 7) is 2.00. The summed E-state index contributed by atoms with van der Waals surface area (Å²) in [5.41, 5.74) is 0.629. The van der Waals surface area contributed by atoms with Crippen molar-refractivity contribution in [2.45, 2.75) is 38.6 Å². The third kappa shape index (κ3) is 5.49. The molecule has 0 aromatic heterocycles. The fourth-order valence-corrected chi connectivity index (χ4v) is 5.68. The molecule has 1 heterocycles. The topological polar surface area (TPSA) is 145 Å². The lowest BCUT2D eigenvalue weighted by atomic mass is 9.93. The van der Waals surface area contributed by atoms with Crippen molar-refractivity contribution in [2.75, 3.05) is 6.61 Å². The van der Waals surface area contributed by atoms with E-state index in [1.807, 2.05) is 0 Å². The second-order valence-corrected chi connectivity index (χ2v) is 9.98. The van der Waals surface area contributed by atoms with Gasteiger partial charge in [0.25, 0.3) is 17.5 Å². The van der Waals surface area contributed by atoms with Crippen molar-refractivity contribution in [2.24, 2.45) is 11.8 Å².